The van der Waals surface area contributed by atoms with Gasteiger partial charge < -0.3 is 25.8 Å². The van der Waals surface area contributed by atoms with Crippen LogP contribution in [0.2, 0.25) is 5.02 Å². The van der Waals surface area contributed by atoms with Crippen molar-refractivity contribution in [3.05, 3.63) is 123 Å². The number of methoxy groups -OCH3 is 1. The highest BCUT2D eigenvalue weighted by Crippen LogP contribution is 2.43. The molecule has 0 bridgehead atoms. The van der Waals surface area contributed by atoms with Crippen molar-refractivity contribution in [1.82, 2.24) is 10.3 Å². The van der Waals surface area contributed by atoms with E-state index in [4.69, 9.17) is 26.8 Å². The Morgan fingerprint density at radius 2 is 1.78 bits per heavy atom. The van der Waals surface area contributed by atoms with Crippen LogP contribution in [0.3, 0.4) is 0 Å². The predicted molar refractivity (Wildman–Crippen MR) is 190 cm³/mol. The first-order valence-corrected chi connectivity index (χ1v) is 16.8. The number of halogens is 2. The van der Waals surface area contributed by atoms with Gasteiger partial charge in [-0.15, -0.1) is 11.3 Å². The third-order valence-electron chi connectivity index (χ3n) is 7.70. The van der Waals surface area contributed by atoms with Gasteiger partial charge in [0, 0.05) is 57.9 Å². The lowest BCUT2D eigenvalue weighted by atomic mass is 9.93. The summed E-state index contributed by atoms with van der Waals surface area (Å²) in [4.78, 5) is 45.5. The molecule has 0 fully saturated rings. The highest BCUT2D eigenvalue weighted by Gasteiger charge is 2.27. The van der Waals surface area contributed by atoms with Crippen molar-refractivity contribution >= 4 is 46.4 Å². The molecule has 4 N–H and O–H groups in total. The lowest BCUT2D eigenvalue weighted by Gasteiger charge is -2.17. The molecule has 9 nitrogen and oxygen atoms in total. The molecule has 6 rings (SSSR count). The molecule has 252 valence electrons. The minimum atomic E-state index is -0.823. The molecule has 0 spiro atoms. The molecule has 1 aliphatic rings. The number of hydrogen-bond donors (Lipinski definition) is 3. The van der Waals surface area contributed by atoms with E-state index in [0.717, 1.165) is 21.6 Å². The second kappa shape index (κ2) is 15.9. The minimum Gasteiger partial charge on any atom is -0.493 e. The number of hydrogen-bond acceptors (Lipinski definition) is 8. The van der Waals surface area contributed by atoms with Gasteiger partial charge in [0.2, 0.25) is 0 Å². The first kappa shape index (κ1) is 35.2. The summed E-state index contributed by atoms with van der Waals surface area (Å²) in [6.45, 7) is 4.62. The van der Waals surface area contributed by atoms with Gasteiger partial charge in [0.25, 0.3) is 11.8 Å². The summed E-state index contributed by atoms with van der Waals surface area (Å²) in [6.07, 6.45) is 0.690. The van der Waals surface area contributed by atoms with Crippen molar-refractivity contribution < 1.29 is 28.2 Å². The number of anilines is 1. The number of fused-ring (bicyclic) bond motifs is 3. The summed E-state index contributed by atoms with van der Waals surface area (Å²) in [6, 6.07) is 20.1. The lowest BCUT2D eigenvalue weighted by Crippen LogP contribution is -2.25. The van der Waals surface area contributed by atoms with Crippen LogP contribution in [0.25, 0.3) is 21.6 Å². The van der Waals surface area contributed by atoms with Gasteiger partial charge in [-0.2, -0.15) is 0 Å². The quantitative estimate of drug-likeness (QED) is 0.142. The summed E-state index contributed by atoms with van der Waals surface area (Å²) < 4.78 is 25.6. The van der Waals surface area contributed by atoms with E-state index < -0.39 is 23.6 Å². The molecule has 0 atom stereocenters. The van der Waals surface area contributed by atoms with Gasteiger partial charge in [-0.3, -0.25) is 9.59 Å². The highest BCUT2D eigenvalue weighted by atomic mass is 35.5. The monoisotopic (exact) mass is 700 g/mol. The maximum atomic E-state index is 14.4. The average molecular weight is 701 g/mol. The van der Waals surface area contributed by atoms with Gasteiger partial charge in [0.05, 0.1) is 18.7 Å². The van der Waals surface area contributed by atoms with Crippen LogP contribution in [0.15, 0.2) is 78.2 Å². The van der Waals surface area contributed by atoms with Crippen LogP contribution >= 0.6 is 22.9 Å². The summed E-state index contributed by atoms with van der Waals surface area (Å²) in [5.74, 6) is -2.03. The number of amides is 2. The van der Waals surface area contributed by atoms with E-state index in [-0.39, 0.29) is 39.6 Å². The molecule has 0 saturated carbocycles. The van der Waals surface area contributed by atoms with Crippen molar-refractivity contribution in [2.45, 2.75) is 33.4 Å². The van der Waals surface area contributed by atoms with Gasteiger partial charge in [0.15, 0.2) is 5.69 Å². The molecule has 49 heavy (non-hydrogen) atoms. The average Bonchev–Trinajstić information content (AvgIpc) is 3.53. The van der Waals surface area contributed by atoms with Crippen LogP contribution in [0.1, 0.15) is 61.9 Å². The summed E-state index contributed by atoms with van der Waals surface area (Å²) in [5.41, 5.74) is 9.77. The number of aromatic nitrogens is 1. The zero-order chi connectivity index (χ0) is 35.1. The molecule has 2 aromatic heterocycles. The molecule has 12 heteroatoms. The van der Waals surface area contributed by atoms with Crippen molar-refractivity contribution in [2.24, 2.45) is 5.73 Å². The fraction of sp³-hybridized carbons (Fsp3) is 0.189. The molecule has 3 heterocycles. The smallest absolute Gasteiger partial charge is 0.357 e. The molecule has 0 unspecified atom stereocenters. The zero-order valence-electron chi connectivity index (χ0n) is 27.1. The number of nitrogens with two attached hydrogens (primary N) is 1. The van der Waals surface area contributed by atoms with Crippen molar-refractivity contribution in [1.29, 1.82) is 0 Å². The van der Waals surface area contributed by atoms with Gasteiger partial charge in [-0.1, -0.05) is 49.7 Å². The Kier molecular flexibility index (Phi) is 11.4. The summed E-state index contributed by atoms with van der Waals surface area (Å²) in [5, 5.41) is 7.47. The number of thiophene rings is 1. The standard InChI is InChI=1S/C35H28ClFN4O5S.C2H6/c1-45-35(44)31-23(9-10-28(41-31)34(43)39-18-21-3-2-4-27(36)30(21)37)24-16-29-26(32-20(11-13-46-29)12-14-47-32)15-25(24)33(42)40-22-7-5-19(17-38)6-8-22;1-2/h2-10,12,14-16H,11,13,17-18,38H2,1H3,(H,39,43)(H,40,42);1-2H3. The fourth-order valence-corrected chi connectivity index (χ4v) is 6.43. The maximum absolute atomic E-state index is 14.4. The molecule has 3 aromatic carbocycles. The number of benzene rings is 3. The number of carbonyl (C=O) groups excluding carboxylic acids is 3. The largest absolute Gasteiger partial charge is 0.493 e. The first-order valence-electron chi connectivity index (χ1n) is 15.6. The normalized spacial score (nSPS) is 11.5. The van der Waals surface area contributed by atoms with E-state index in [9.17, 15) is 18.8 Å². The van der Waals surface area contributed by atoms with E-state index in [0.29, 0.717) is 36.6 Å². The van der Waals surface area contributed by atoms with E-state index in [1.165, 1.54) is 31.4 Å². The molecule has 0 saturated heterocycles. The van der Waals surface area contributed by atoms with Crippen LogP contribution in [-0.2, 0) is 24.2 Å². The summed E-state index contributed by atoms with van der Waals surface area (Å²) in [7, 11) is 1.19. The first-order chi connectivity index (χ1) is 23.8. The van der Waals surface area contributed by atoms with Crippen LogP contribution in [0.4, 0.5) is 10.1 Å². The summed E-state index contributed by atoms with van der Waals surface area (Å²) >= 11 is 7.41. The van der Waals surface area contributed by atoms with Crippen LogP contribution in [0, 0.1) is 5.82 Å². The van der Waals surface area contributed by atoms with Crippen LogP contribution < -0.4 is 21.1 Å². The molecule has 5 aromatic rings. The van der Waals surface area contributed by atoms with E-state index >= 15 is 0 Å². The Labute approximate surface area is 292 Å². The highest BCUT2D eigenvalue weighted by molar-refractivity contribution is 7.13. The SMILES string of the molecule is CC.COC(=O)c1nc(C(=O)NCc2cccc(Cl)c2F)ccc1-c1cc2c(cc1C(=O)Nc1ccc(CN)cc1)-c1sccc1CCO2. The number of nitrogens with zero attached hydrogens (tertiary/aromatic N) is 1. The Bertz CT molecular complexity index is 2020. The number of esters is 1. The van der Waals surface area contributed by atoms with Crippen LogP contribution in [0.5, 0.6) is 5.75 Å². The second-order valence-corrected chi connectivity index (χ2v) is 11.9. The van der Waals surface area contributed by atoms with E-state index in [1.54, 1.807) is 41.7 Å². The second-order valence-electron chi connectivity index (χ2n) is 10.6. The van der Waals surface area contributed by atoms with E-state index in [1.807, 2.05) is 37.4 Å². The zero-order valence-corrected chi connectivity index (χ0v) is 28.6. The van der Waals surface area contributed by atoms with Gasteiger partial charge in [-0.05, 0) is 65.0 Å². The predicted octanol–water partition coefficient (Wildman–Crippen LogP) is 7.66. The number of rotatable bonds is 8. The minimum absolute atomic E-state index is 0.0698. The molecular weight excluding hydrogens is 667 g/mol. The van der Waals surface area contributed by atoms with Gasteiger partial charge in [0.1, 0.15) is 17.3 Å². The maximum Gasteiger partial charge on any atom is 0.357 e. The molecule has 0 aliphatic carbocycles. The molecule has 1 aliphatic heterocycles. The van der Waals surface area contributed by atoms with Gasteiger partial charge in [-0.25, -0.2) is 14.2 Å². The lowest BCUT2D eigenvalue weighted by molar-refractivity contribution is 0.0594. The molecular formula is C37H34ClFN4O5S. The number of carbonyl (C=O) groups is 3. The number of pyridine rings is 1. The molecule has 0 radical (unpaired) electrons. The van der Waals surface area contributed by atoms with Crippen molar-refractivity contribution in [3.8, 4) is 27.3 Å². The Morgan fingerprint density at radius 3 is 2.51 bits per heavy atom. The van der Waals surface area contributed by atoms with Gasteiger partial charge >= 0.3 is 5.97 Å². The van der Waals surface area contributed by atoms with Crippen molar-refractivity contribution in [3.63, 3.8) is 0 Å². The molecule has 2 amide bonds. The Hall–Kier alpha value is -5.10. The third-order valence-corrected chi connectivity index (χ3v) is 8.98. The van der Waals surface area contributed by atoms with Crippen molar-refractivity contribution in [2.75, 3.05) is 19.0 Å². The number of nitrogens with one attached hydrogen (secondary N) is 2. The van der Waals surface area contributed by atoms with E-state index in [2.05, 4.69) is 15.6 Å². The van der Waals surface area contributed by atoms with Crippen LogP contribution in [-0.4, -0.2) is 36.5 Å². The fourth-order valence-electron chi connectivity index (χ4n) is 5.26. The Morgan fingerprint density at radius 1 is 1.00 bits per heavy atom. The number of ether oxygens (including phenoxy) is 2. The topological polar surface area (TPSA) is 133 Å². The Balaban J connectivity index is 0.00000230. The third kappa shape index (κ3) is 7.64.